The van der Waals surface area contributed by atoms with Gasteiger partial charge in [-0.2, -0.15) is 4.99 Å². The molecule has 14 heavy (non-hydrogen) atoms. The van der Waals surface area contributed by atoms with Crippen LogP contribution in [0.3, 0.4) is 0 Å². The van der Waals surface area contributed by atoms with Gasteiger partial charge in [-0.3, -0.25) is 0 Å². The van der Waals surface area contributed by atoms with Crippen LogP contribution in [0.25, 0.3) is 0 Å². The van der Waals surface area contributed by atoms with Crippen molar-refractivity contribution in [2.45, 2.75) is 19.4 Å². The molecule has 1 aromatic rings. The molecule has 0 aromatic heterocycles. The van der Waals surface area contributed by atoms with Gasteiger partial charge < -0.3 is 0 Å². The third kappa shape index (κ3) is 2.28. The van der Waals surface area contributed by atoms with Crippen molar-refractivity contribution in [3.05, 3.63) is 34.1 Å². The molecule has 1 rings (SSSR count). The van der Waals surface area contributed by atoms with Gasteiger partial charge in [-0.05, 0) is 37.6 Å². The molecule has 0 atom stereocenters. The molecule has 0 N–H and O–H groups in total. The van der Waals surface area contributed by atoms with E-state index in [2.05, 4.69) is 20.9 Å². The quantitative estimate of drug-likeness (QED) is 0.591. The molecule has 0 bridgehead atoms. The summed E-state index contributed by atoms with van der Waals surface area (Å²) < 4.78 is 13.7. The molecule has 1 aromatic carbocycles. The van der Waals surface area contributed by atoms with Gasteiger partial charge in [-0.1, -0.05) is 15.9 Å². The zero-order chi connectivity index (χ0) is 10.8. The highest BCUT2D eigenvalue weighted by Crippen LogP contribution is 2.31. The van der Waals surface area contributed by atoms with Crippen LogP contribution in [-0.2, 0) is 10.3 Å². The molecule has 0 heterocycles. The Balaban J connectivity index is 3.30. The predicted molar refractivity (Wildman–Crippen MR) is 55.2 cm³/mol. The molecule has 0 aliphatic heterocycles. The van der Waals surface area contributed by atoms with E-state index in [1.165, 1.54) is 18.2 Å². The summed E-state index contributed by atoms with van der Waals surface area (Å²) in [5.41, 5.74) is -0.135. The average Bonchev–Trinajstić information content (AvgIpc) is 2.09. The molecule has 0 radical (unpaired) electrons. The van der Waals surface area contributed by atoms with Crippen molar-refractivity contribution in [3.8, 4) is 0 Å². The fourth-order valence-corrected chi connectivity index (χ4v) is 1.87. The second kappa shape index (κ2) is 4.03. The lowest BCUT2D eigenvalue weighted by Crippen LogP contribution is -2.14. The number of hydrogen-bond acceptors (Lipinski definition) is 2. The van der Waals surface area contributed by atoms with Crippen molar-refractivity contribution in [1.29, 1.82) is 0 Å². The van der Waals surface area contributed by atoms with Crippen LogP contribution in [0.2, 0.25) is 0 Å². The fourth-order valence-electron chi connectivity index (χ4n) is 1.14. The van der Waals surface area contributed by atoms with Gasteiger partial charge in [0.25, 0.3) is 0 Å². The first-order chi connectivity index (χ1) is 6.47. The summed E-state index contributed by atoms with van der Waals surface area (Å²) in [7, 11) is 0. The molecule has 0 saturated heterocycles. The van der Waals surface area contributed by atoms with Gasteiger partial charge in [0.1, 0.15) is 5.82 Å². The SMILES string of the molecule is CC(C)(N=C=O)c1cc(F)ccc1Br. The Morgan fingerprint density at radius 2 is 2.14 bits per heavy atom. The molecule has 0 unspecified atom stereocenters. The smallest absolute Gasteiger partial charge is 0.211 e. The Labute approximate surface area is 90.0 Å². The Morgan fingerprint density at radius 3 is 2.71 bits per heavy atom. The first-order valence-corrected chi connectivity index (χ1v) is 4.81. The lowest BCUT2D eigenvalue weighted by atomic mass is 9.95. The van der Waals surface area contributed by atoms with E-state index in [9.17, 15) is 9.18 Å². The average molecular weight is 258 g/mol. The summed E-state index contributed by atoms with van der Waals surface area (Å²) in [4.78, 5) is 13.8. The first-order valence-electron chi connectivity index (χ1n) is 4.02. The van der Waals surface area contributed by atoms with Gasteiger partial charge >= 0.3 is 0 Å². The third-order valence-corrected chi connectivity index (χ3v) is 2.60. The standard InChI is InChI=1S/C10H9BrFNO/c1-10(2,13-6-14)8-5-7(12)3-4-9(8)11/h3-5H,1-2H3. The number of halogens is 2. The van der Waals surface area contributed by atoms with Crippen LogP contribution in [0, 0.1) is 5.82 Å². The monoisotopic (exact) mass is 257 g/mol. The zero-order valence-corrected chi connectivity index (χ0v) is 9.43. The second-order valence-corrected chi connectivity index (χ2v) is 4.24. The minimum Gasteiger partial charge on any atom is -0.211 e. The van der Waals surface area contributed by atoms with Crippen molar-refractivity contribution in [3.63, 3.8) is 0 Å². The van der Waals surface area contributed by atoms with E-state index in [4.69, 9.17) is 0 Å². The topological polar surface area (TPSA) is 29.4 Å². The number of isocyanates is 1. The van der Waals surface area contributed by atoms with Gasteiger partial charge in [0.15, 0.2) is 0 Å². The maximum atomic E-state index is 13.0. The first kappa shape index (κ1) is 11.1. The zero-order valence-electron chi connectivity index (χ0n) is 7.84. The van der Waals surface area contributed by atoms with E-state index in [-0.39, 0.29) is 5.82 Å². The molecule has 0 saturated carbocycles. The maximum absolute atomic E-state index is 13.0. The summed E-state index contributed by atoms with van der Waals surface area (Å²) in [6, 6.07) is 4.28. The summed E-state index contributed by atoms with van der Waals surface area (Å²) in [6.45, 7) is 3.44. The van der Waals surface area contributed by atoms with Crippen molar-refractivity contribution in [2.24, 2.45) is 4.99 Å². The molecular formula is C10H9BrFNO. The van der Waals surface area contributed by atoms with E-state index in [0.29, 0.717) is 5.56 Å². The normalized spacial score (nSPS) is 10.9. The maximum Gasteiger partial charge on any atom is 0.235 e. The third-order valence-electron chi connectivity index (χ3n) is 1.91. The fraction of sp³-hybridized carbons (Fsp3) is 0.300. The molecule has 0 aliphatic rings. The molecule has 0 amide bonds. The minimum absolute atomic E-state index is 0.350. The number of nitrogens with zero attached hydrogens (tertiary/aromatic N) is 1. The molecule has 0 aliphatic carbocycles. The molecule has 4 heteroatoms. The van der Waals surface area contributed by atoms with Crippen molar-refractivity contribution >= 4 is 22.0 Å². The lowest BCUT2D eigenvalue weighted by Gasteiger charge is -2.19. The number of aliphatic imine (C=N–C) groups is 1. The number of carbonyl (C=O) groups excluding carboxylic acids is 1. The van der Waals surface area contributed by atoms with Gasteiger partial charge in [0, 0.05) is 4.47 Å². The highest BCUT2D eigenvalue weighted by Gasteiger charge is 2.22. The van der Waals surface area contributed by atoms with Gasteiger partial charge in [0.05, 0.1) is 5.54 Å². The Hall–Kier alpha value is -0.990. The largest absolute Gasteiger partial charge is 0.235 e. The van der Waals surface area contributed by atoms with Crippen molar-refractivity contribution < 1.29 is 9.18 Å². The number of rotatable bonds is 2. The molecule has 74 valence electrons. The van der Waals surface area contributed by atoms with Crippen molar-refractivity contribution in [2.75, 3.05) is 0 Å². The van der Waals surface area contributed by atoms with Crippen LogP contribution in [0.15, 0.2) is 27.7 Å². The minimum atomic E-state index is -0.761. The number of hydrogen-bond donors (Lipinski definition) is 0. The Bertz CT molecular complexity index is 397. The molecule has 0 fully saturated rings. The second-order valence-electron chi connectivity index (χ2n) is 3.39. The van der Waals surface area contributed by atoms with E-state index in [1.807, 2.05) is 0 Å². The summed E-state index contributed by atoms with van der Waals surface area (Å²) in [5, 5.41) is 0. The van der Waals surface area contributed by atoms with Crippen LogP contribution >= 0.6 is 15.9 Å². The van der Waals surface area contributed by atoms with Crippen LogP contribution in [0.1, 0.15) is 19.4 Å². The Morgan fingerprint density at radius 1 is 1.50 bits per heavy atom. The van der Waals surface area contributed by atoms with Gasteiger partial charge in [-0.25, -0.2) is 9.18 Å². The van der Waals surface area contributed by atoms with Gasteiger partial charge in [0.2, 0.25) is 6.08 Å². The van der Waals surface area contributed by atoms with Crippen LogP contribution in [-0.4, -0.2) is 6.08 Å². The summed E-state index contributed by atoms with van der Waals surface area (Å²) >= 11 is 3.28. The highest BCUT2D eigenvalue weighted by molar-refractivity contribution is 9.10. The van der Waals surface area contributed by atoms with E-state index >= 15 is 0 Å². The summed E-state index contributed by atoms with van der Waals surface area (Å²) in [5.74, 6) is -0.350. The van der Waals surface area contributed by atoms with Crippen LogP contribution < -0.4 is 0 Å². The summed E-state index contributed by atoms with van der Waals surface area (Å²) in [6.07, 6.45) is 1.48. The molecule has 0 spiro atoms. The predicted octanol–water partition coefficient (Wildman–Crippen LogP) is 3.16. The molecule has 2 nitrogen and oxygen atoms in total. The number of benzene rings is 1. The molecular weight excluding hydrogens is 249 g/mol. The lowest BCUT2D eigenvalue weighted by molar-refractivity contribution is 0.517. The van der Waals surface area contributed by atoms with Crippen LogP contribution in [0.4, 0.5) is 4.39 Å². The Kier molecular flexibility index (Phi) is 3.19. The van der Waals surface area contributed by atoms with Gasteiger partial charge in [-0.15, -0.1) is 0 Å². The van der Waals surface area contributed by atoms with E-state index < -0.39 is 5.54 Å². The van der Waals surface area contributed by atoms with Crippen molar-refractivity contribution in [1.82, 2.24) is 0 Å². The van der Waals surface area contributed by atoms with E-state index in [0.717, 1.165) is 4.47 Å². The highest BCUT2D eigenvalue weighted by atomic mass is 79.9. The van der Waals surface area contributed by atoms with Crippen LogP contribution in [0.5, 0.6) is 0 Å². The van der Waals surface area contributed by atoms with E-state index in [1.54, 1.807) is 19.9 Å².